The zero-order valence-electron chi connectivity index (χ0n) is 18.6. The molecule has 3 amide bonds. The van der Waals surface area contributed by atoms with Crippen molar-refractivity contribution in [1.29, 1.82) is 0 Å². The number of alkyl carbamates (subject to hydrolysis) is 1. The first-order valence-electron chi connectivity index (χ1n) is 11.0. The van der Waals surface area contributed by atoms with Gasteiger partial charge in [-0.2, -0.15) is 0 Å². The van der Waals surface area contributed by atoms with Crippen molar-refractivity contribution in [2.45, 2.75) is 31.3 Å². The van der Waals surface area contributed by atoms with Gasteiger partial charge in [0.1, 0.15) is 18.4 Å². The van der Waals surface area contributed by atoms with Gasteiger partial charge in [0.15, 0.2) is 6.04 Å². The highest BCUT2D eigenvalue weighted by atomic mass is 35.5. The van der Waals surface area contributed by atoms with Gasteiger partial charge in [-0.3, -0.25) is 9.59 Å². The third kappa shape index (κ3) is 6.51. The van der Waals surface area contributed by atoms with Crippen LogP contribution in [0.5, 0.6) is 5.75 Å². The van der Waals surface area contributed by atoms with Crippen LogP contribution in [0, 0.1) is 0 Å². The maximum Gasteiger partial charge on any atom is 0.408 e. The lowest BCUT2D eigenvalue weighted by Gasteiger charge is -2.37. The summed E-state index contributed by atoms with van der Waals surface area (Å²) in [5.41, 5.74) is 1.47. The second-order valence-corrected chi connectivity index (χ2v) is 8.31. The van der Waals surface area contributed by atoms with E-state index in [4.69, 9.17) is 21.1 Å². The number of ether oxygens (including phenoxy) is 2. The fraction of sp³-hybridized carbons (Fsp3) is 0.192. The number of hydrogen-bond acceptors (Lipinski definition) is 5. The molecule has 0 unspecified atom stereocenters. The molecule has 9 heteroatoms. The zero-order valence-corrected chi connectivity index (χ0v) is 19.4. The minimum atomic E-state index is -1.04. The SMILES string of the molecule is O=C(N[C@@H](Cc1ccccc1Cl)C(=O)N[C@@H]1C(=O)N[C@H]1Oc1ccccc1)OCc1ccccc1. The van der Waals surface area contributed by atoms with Crippen molar-refractivity contribution in [1.82, 2.24) is 16.0 Å². The minimum absolute atomic E-state index is 0.0468. The number of β-lactam (4-membered cyclic amide) rings is 1. The molecule has 0 aromatic heterocycles. The molecule has 1 fully saturated rings. The minimum Gasteiger partial charge on any atom is -0.468 e. The third-order valence-corrected chi connectivity index (χ3v) is 5.75. The maximum absolute atomic E-state index is 13.2. The Hall–Kier alpha value is -4.04. The molecule has 1 aliphatic heterocycles. The summed E-state index contributed by atoms with van der Waals surface area (Å²) in [6.45, 7) is 0.0468. The molecule has 180 valence electrons. The van der Waals surface area contributed by atoms with Crippen molar-refractivity contribution in [2.24, 2.45) is 0 Å². The van der Waals surface area contributed by atoms with E-state index in [0.717, 1.165) is 5.56 Å². The summed E-state index contributed by atoms with van der Waals surface area (Å²) in [7, 11) is 0. The fourth-order valence-corrected chi connectivity index (χ4v) is 3.71. The number of carbonyl (C=O) groups is 3. The molecule has 0 bridgehead atoms. The number of carbonyl (C=O) groups excluding carboxylic acids is 3. The van der Waals surface area contributed by atoms with Crippen LogP contribution in [-0.2, 0) is 27.4 Å². The van der Waals surface area contributed by atoms with Crippen LogP contribution < -0.4 is 20.7 Å². The topological polar surface area (TPSA) is 106 Å². The summed E-state index contributed by atoms with van der Waals surface area (Å²) in [5, 5.41) is 8.33. The Morgan fingerprint density at radius 3 is 2.29 bits per heavy atom. The number of hydrogen-bond donors (Lipinski definition) is 3. The summed E-state index contributed by atoms with van der Waals surface area (Å²) in [6, 6.07) is 23.2. The highest BCUT2D eigenvalue weighted by molar-refractivity contribution is 6.31. The number of halogens is 1. The van der Waals surface area contributed by atoms with Gasteiger partial charge in [-0.1, -0.05) is 78.3 Å². The highest BCUT2D eigenvalue weighted by Crippen LogP contribution is 2.19. The van der Waals surface area contributed by atoms with Crippen molar-refractivity contribution in [3.63, 3.8) is 0 Å². The summed E-state index contributed by atoms with van der Waals surface area (Å²) in [6.07, 6.45) is -1.40. The van der Waals surface area contributed by atoms with Crippen LogP contribution in [0.1, 0.15) is 11.1 Å². The van der Waals surface area contributed by atoms with E-state index < -0.39 is 30.3 Å². The molecule has 0 spiro atoms. The molecule has 0 radical (unpaired) electrons. The Kier molecular flexibility index (Phi) is 7.84. The van der Waals surface area contributed by atoms with Gasteiger partial charge in [-0.05, 0) is 29.3 Å². The van der Waals surface area contributed by atoms with E-state index in [1.807, 2.05) is 36.4 Å². The summed E-state index contributed by atoms with van der Waals surface area (Å²) >= 11 is 6.27. The van der Waals surface area contributed by atoms with Gasteiger partial charge in [0.2, 0.25) is 12.1 Å². The molecule has 8 nitrogen and oxygen atoms in total. The van der Waals surface area contributed by atoms with Gasteiger partial charge in [0.05, 0.1) is 0 Å². The standard InChI is InChI=1S/C26H24ClN3O5/c27-20-14-8-7-11-18(20)15-21(28-26(33)34-16-17-9-3-1-4-10-17)23(31)29-22-24(32)30-25(22)35-19-12-5-2-6-13-19/h1-14,21-22,25H,15-16H2,(H,28,33)(H,29,31)(H,30,32)/t21-,22+,25-/m0/s1. The van der Waals surface area contributed by atoms with Crippen molar-refractivity contribution < 1.29 is 23.9 Å². The normalized spacial score (nSPS) is 17.3. The summed E-state index contributed by atoms with van der Waals surface area (Å²) < 4.78 is 11.0. The van der Waals surface area contributed by atoms with Gasteiger partial charge in [0, 0.05) is 11.4 Å². The molecule has 0 aliphatic carbocycles. The average Bonchev–Trinajstić information content (AvgIpc) is 2.88. The van der Waals surface area contributed by atoms with E-state index in [9.17, 15) is 14.4 Å². The largest absolute Gasteiger partial charge is 0.468 e. The third-order valence-electron chi connectivity index (χ3n) is 5.38. The Labute approximate surface area is 207 Å². The van der Waals surface area contributed by atoms with E-state index in [2.05, 4.69) is 16.0 Å². The number of nitrogens with one attached hydrogen (secondary N) is 3. The van der Waals surface area contributed by atoms with Crippen LogP contribution >= 0.6 is 11.6 Å². The van der Waals surface area contributed by atoms with Crippen LogP contribution in [0.2, 0.25) is 5.02 Å². The van der Waals surface area contributed by atoms with Crippen LogP contribution in [0.15, 0.2) is 84.9 Å². The van der Waals surface area contributed by atoms with Crippen LogP contribution in [0.3, 0.4) is 0 Å². The Balaban J connectivity index is 1.42. The number of para-hydroxylation sites is 1. The van der Waals surface area contributed by atoms with Crippen LogP contribution in [0.4, 0.5) is 4.79 Å². The van der Waals surface area contributed by atoms with Gasteiger partial charge in [-0.15, -0.1) is 0 Å². The van der Waals surface area contributed by atoms with E-state index in [-0.39, 0.29) is 18.9 Å². The monoisotopic (exact) mass is 493 g/mol. The second kappa shape index (κ2) is 11.4. The van der Waals surface area contributed by atoms with Crippen molar-refractivity contribution in [3.8, 4) is 5.75 Å². The molecule has 1 saturated heterocycles. The van der Waals surface area contributed by atoms with Gasteiger partial charge >= 0.3 is 6.09 Å². The van der Waals surface area contributed by atoms with Crippen LogP contribution in [0.25, 0.3) is 0 Å². The Morgan fingerprint density at radius 2 is 1.60 bits per heavy atom. The summed E-state index contributed by atoms with van der Waals surface area (Å²) in [4.78, 5) is 37.8. The molecule has 35 heavy (non-hydrogen) atoms. The lowest BCUT2D eigenvalue weighted by Crippen LogP contribution is -2.72. The molecule has 1 aliphatic rings. The molecule has 3 N–H and O–H groups in total. The smallest absolute Gasteiger partial charge is 0.408 e. The van der Waals surface area contributed by atoms with E-state index >= 15 is 0 Å². The lowest BCUT2D eigenvalue weighted by molar-refractivity contribution is -0.143. The predicted octanol–water partition coefficient (Wildman–Crippen LogP) is 3.20. The average molecular weight is 494 g/mol. The lowest BCUT2D eigenvalue weighted by atomic mass is 10.0. The Bertz CT molecular complexity index is 1180. The first kappa shape index (κ1) is 24.1. The quantitative estimate of drug-likeness (QED) is 0.397. The molecule has 3 aromatic rings. The van der Waals surface area contributed by atoms with Gasteiger partial charge < -0.3 is 25.4 Å². The van der Waals surface area contributed by atoms with Crippen molar-refractivity contribution in [3.05, 3.63) is 101 Å². The van der Waals surface area contributed by atoms with Gasteiger partial charge in [0.25, 0.3) is 5.91 Å². The van der Waals surface area contributed by atoms with Crippen LogP contribution in [-0.4, -0.2) is 36.2 Å². The molecule has 1 heterocycles. The first-order chi connectivity index (χ1) is 17.0. The van der Waals surface area contributed by atoms with E-state index in [0.29, 0.717) is 16.3 Å². The molecule has 3 aromatic carbocycles. The highest BCUT2D eigenvalue weighted by Gasteiger charge is 2.43. The number of amides is 3. The summed E-state index contributed by atoms with van der Waals surface area (Å²) in [5.74, 6) is -0.405. The molecular weight excluding hydrogens is 470 g/mol. The van der Waals surface area contributed by atoms with Crippen molar-refractivity contribution >= 4 is 29.5 Å². The van der Waals surface area contributed by atoms with Crippen molar-refractivity contribution in [2.75, 3.05) is 0 Å². The number of rotatable bonds is 9. The predicted molar refractivity (Wildman–Crippen MR) is 130 cm³/mol. The fourth-order valence-electron chi connectivity index (χ4n) is 3.49. The molecule has 3 atom stereocenters. The Morgan fingerprint density at radius 1 is 0.943 bits per heavy atom. The van der Waals surface area contributed by atoms with E-state index in [1.54, 1.807) is 48.5 Å². The van der Waals surface area contributed by atoms with E-state index in [1.165, 1.54) is 0 Å². The molecule has 0 saturated carbocycles. The molecule has 4 rings (SSSR count). The zero-order chi connectivity index (χ0) is 24.6. The first-order valence-corrected chi connectivity index (χ1v) is 11.4. The number of benzene rings is 3. The van der Waals surface area contributed by atoms with Gasteiger partial charge in [-0.25, -0.2) is 4.79 Å². The second-order valence-electron chi connectivity index (χ2n) is 7.90. The molecular formula is C26H24ClN3O5. The maximum atomic E-state index is 13.2.